The Morgan fingerprint density at radius 2 is 1.85 bits per heavy atom. The van der Waals surface area contributed by atoms with Crippen LogP contribution in [-0.4, -0.2) is 47.9 Å². The zero-order valence-electron chi connectivity index (χ0n) is 17.8. The second kappa shape index (κ2) is 8.45. The van der Waals surface area contributed by atoms with Gasteiger partial charge in [-0.3, -0.25) is 4.79 Å². The van der Waals surface area contributed by atoms with Crippen LogP contribution < -0.4 is 10.2 Å². The van der Waals surface area contributed by atoms with Gasteiger partial charge in [0.1, 0.15) is 11.5 Å². The largest absolute Gasteiger partial charge is 0.476 e. The van der Waals surface area contributed by atoms with Crippen LogP contribution in [0.1, 0.15) is 17.5 Å². The summed E-state index contributed by atoms with van der Waals surface area (Å²) in [5.74, 6) is -5.00. The number of nitrogens with two attached hydrogens (primary N) is 1. The van der Waals surface area contributed by atoms with Crippen LogP contribution in [0.25, 0.3) is 0 Å². The molecular weight excluding hydrogens is 437 g/mol. The van der Waals surface area contributed by atoms with Gasteiger partial charge >= 0.3 is 5.97 Å². The lowest BCUT2D eigenvalue weighted by atomic mass is 10.0. The highest BCUT2D eigenvalue weighted by molar-refractivity contribution is 5.96. The number of quaternary nitrogens is 1. The van der Waals surface area contributed by atoms with Crippen LogP contribution in [0.4, 0.5) is 18.9 Å². The van der Waals surface area contributed by atoms with Gasteiger partial charge in [0, 0.05) is 30.2 Å². The van der Waals surface area contributed by atoms with Crippen molar-refractivity contribution < 1.29 is 27.9 Å². The first kappa shape index (κ1) is 22.7. The fourth-order valence-electron chi connectivity index (χ4n) is 4.29. The topological polar surface area (TPSA) is 96.0 Å². The van der Waals surface area contributed by atoms with Crippen molar-refractivity contribution in [1.29, 1.82) is 0 Å². The van der Waals surface area contributed by atoms with E-state index in [1.165, 1.54) is 11.2 Å². The van der Waals surface area contributed by atoms with Crippen LogP contribution in [0, 0.1) is 17.5 Å². The Morgan fingerprint density at radius 1 is 1.15 bits per heavy atom. The van der Waals surface area contributed by atoms with Gasteiger partial charge in [0.05, 0.1) is 20.1 Å². The Hall–Kier alpha value is -3.50. The highest BCUT2D eigenvalue weighted by Crippen LogP contribution is 2.38. The molecule has 10 heteroatoms. The van der Waals surface area contributed by atoms with Crippen molar-refractivity contribution in [2.45, 2.75) is 25.4 Å². The summed E-state index contributed by atoms with van der Waals surface area (Å²) in [6.45, 7) is 0.233. The minimum Gasteiger partial charge on any atom is -0.476 e. The second-order valence-corrected chi connectivity index (χ2v) is 8.33. The van der Waals surface area contributed by atoms with Crippen LogP contribution in [0.15, 0.2) is 52.8 Å². The number of nitrogens with zero attached hydrogens (tertiary/aromatic N) is 3. The molecule has 0 radical (unpaired) electrons. The SMILES string of the molecule is C[N+]12C=NC(C(=O)O)=C1CN(C(=O)C[C@H](N)Cc1cc(F)c(F)cc1F)Cc1ccccc12. The van der Waals surface area contributed by atoms with Gasteiger partial charge in [0.15, 0.2) is 17.3 Å². The Morgan fingerprint density at radius 3 is 2.58 bits per heavy atom. The van der Waals surface area contributed by atoms with Gasteiger partial charge in [-0.05, 0) is 18.1 Å². The summed E-state index contributed by atoms with van der Waals surface area (Å²) in [5, 5.41) is 9.61. The van der Waals surface area contributed by atoms with Crippen molar-refractivity contribution in [3.8, 4) is 0 Å². The molecule has 2 aliphatic rings. The number of fused-ring (bicyclic) bond motifs is 3. The number of hydrogen-bond donors (Lipinski definition) is 2. The molecule has 2 aromatic rings. The van der Waals surface area contributed by atoms with Crippen molar-refractivity contribution in [3.63, 3.8) is 0 Å². The Bertz CT molecular complexity index is 1210. The number of amides is 1. The Labute approximate surface area is 187 Å². The van der Waals surface area contributed by atoms with E-state index >= 15 is 0 Å². The minimum absolute atomic E-state index is 0.0118. The van der Waals surface area contributed by atoms with E-state index in [0.29, 0.717) is 11.8 Å². The summed E-state index contributed by atoms with van der Waals surface area (Å²) in [6.07, 6.45) is 1.17. The van der Waals surface area contributed by atoms with Gasteiger partial charge in [0.2, 0.25) is 17.9 Å². The summed E-state index contributed by atoms with van der Waals surface area (Å²) in [7, 11) is 1.80. The molecule has 0 aliphatic carbocycles. The number of hydrogen-bond acceptors (Lipinski definition) is 4. The second-order valence-electron chi connectivity index (χ2n) is 8.33. The predicted molar refractivity (Wildman–Crippen MR) is 115 cm³/mol. The van der Waals surface area contributed by atoms with Crippen LogP contribution >= 0.6 is 0 Å². The third-order valence-corrected chi connectivity index (χ3v) is 6.01. The maximum absolute atomic E-state index is 14.0. The summed E-state index contributed by atoms with van der Waals surface area (Å²) >= 11 is 0. The Kier molecular flexibility index (Phi) is 5.81. The van der Waals surface area contributed by atoms with Crippen molar-refractivity contribution >= 4 is 23.9 Å². The number of carbonyl (C=O) groups is 2. The number of para-hydroxylation sites is 1. The lowest BCUT2D eigenvalue weighted by Gasteiger charge is -2.27. The quantitative estimate of drug-likeness (QED) is 0.531. The van der Waals surface area contributed by atoms with Gasteiger partial charge in [-0.15, -0.1) is 0 Å². The maximum atomic E-state index is 14.0. The first-order valence-electron chi connectivity index (χ1n) is 10.2. The fourth-order valence-corrected chi connectivity index (χ4v) is 4.29. The molecule has 0 spiro atoms. The standard InChI is InChI=1S/C23H21F3N4O3/c1-30-12-28-22(23(32)33)20(30)11-29(10-13-4-2-3-5-19(13)30)21(31)8-15(27)6-14-7-17(25)18(26)9-16(14)24/h2-5,7,9,12,15H,6,8,10-11,27H2,1H3/p+1/t15-,30?/m1/s1. The number of rotatable bonds is 5. The zero-order chi connectivity index (χ0) is 23.9. The Balaban J connectivity index is 1.59. The molecule has 0 saturated heterocycles. The molecule has 4 rings (SSSR count). The average molecular weight is 459 g/mol. The molecule has 1 unspecified atom stereocenters. The maximum Gasteiger partial charge on any atom is 0.360 e. The summed E-state index contributed by atoms with van der Waals surface area (Å²) < 4.78 is 40.7. The van der Waals surface area contributed by atoms with Gasteiger partial charge in [-0.1, -0.05) is 18.2 Å². The summed E-state index contributed by atoms with van der Waals surface area (Å²) in [4.78, 5) is 30.5. The van der Waals surface area contributed by atoms with E-state index in [1.54, 1.807) is 7.05 Å². The molecular formula is C23H22F3N4O3+. The average Bonchev–Trinajstić information content (AvgIpc) is 3.02. The van der Waals surface area contributed by atoms with Crippen molar-refractivity contribution in [1.82, 2.24) is 9.38 Å². The van der Waals surface area contributed by atoms with E-state index in [9.17, 15) is 27.9 Å². The number of aliphatic imine (C=N–C) groups is 1. The molecule has 1 amide bonds. The van der Waals surface area contributed by atoms with E-state index in [2.05, 4.69) is 4.99 Å². The number of benzene rings is 2. The fraction of sp³-hybridized carbons (Fsp3) is 0.261. The molecule has 2 aromatic carbocycles. The molecule has 7 nitrogen and oxygen atoms in total. The van der Waals surface area contributed by atoms with E-state index < -0.39 is 29.5 Å². The molecule has 33 heavy (non-hydrogen) atoms. The molecule has 0 fully saturated rings. The van der Waals surface area contributed by atoms with Crippen LogP contribution in [0.3, 0.4) is 0 Å². The predicted octanol–water partition coefficient (Wildman–Crippen LogP) is 2.68. The van der Waals surface area contributed by atoms with Gasteiger partial charge in [-0.2, -0.15) is 4.99 Å². The molecule has 2 atom stereocenters. The highest BCUT2D eigenvalue weighted by atomic mass is 19.2. The first-order chi connectivity index (χ1) is 15.6. The molecule has 0 aromatic heterocycles. The lowest BCUT2D eigenvalue weighted by Crippen LogP contribution is -2.44. The highest BCUT2D eigenvalue weighted by Gasteiger charge is 2.44. The third kappa shape index (κ3) is 4.14. The summed E-state index contributed by atoms with van der Waals surface area (Å²) in [5.41, 5.74) is 7.85. The van der Waals surface area contributed by atoms with E-state index in [1.807, 2.05) is 24.3 Å². The molecule has 0 bridgehead atoms. The molecule has 2 heterocycles. The number of carboxylic acid groups (broad SMARTS) is 1. The van der Waals surface area contributed by atoms with E-state index in [0.717, 1.165) is 17.3 Å². The number of halogens is 3. The smallest absolute Gasteiger partial charge is 0.360 e. The lowest BCUT2D eigenvalue weighted by molar-refractivity contribution is -0.134. The number of likely N-dealkylation sites (N-methyl/N-ethyl adjacent to an activating group) is 1. The van der Waals surface area contributed by atoms with Crippen LogP contribution in [-0.2, 0) is 22.6 Å². The van der Waals surface area contributed by atoms with Crippen LogP contribution in [0.5, 0.6) is 0 Å². The minimum atomic E-state index is -1.30. The van der Waals surface area contributed by atoms with Gasteiger partial charge < -0.3 is 15.7 Å². The van der Waals surface area contributed by atoms with Crippen molar-refractivity contribution in [3.05, 3.63) is 76.4 Å². The molecule has 0 saturated carbocycles. The number of carbonyl (C=O) groups excluding carboxylic acids is 1. The van der Waals surface area contributed by atoms with Crippen molar-refractivity contribution in [2.75, 3.05) is 13.6 Å². The number of carboxylic acids is 1. The number of aliphatic carboxylic acids is 1. The van der Waals surface area contributed by atoms with Gasteiger partial charge in [0.25, 0.3) is 0 Å². The van der Waals surface area contributed by atoms with Crippen molar-refractivity contribution in [2.24, 2.45) is 10.7 Å². The van der Waals surface area contributed by atoms with E-state index in [4.69, 9.17) is 5.73 Å². The normalized spacial score (nSPS) is 20.3. The van der Waals surface area contributed by atoms with E-state index in [-0.39, 0.29) is 47.6 Å². The molecule has 3 N–H and O–H groups in total. The van der Waals surface area contributed by atoms with Crippen LogP contribution in [0.2, 0.25) is 0 Å². The molecule has 172 valence electrons. The van der Waals surface area contributed by atoms with Gasteiger partial charge in [-0.25, -0.2) is 22.4 Å². The zero-order valence-corrected chi connectivity index (χ0v) is 17.8. The summed E-state index contributed by atoms with van der Waals surface area (Å²) in [6, 6.07) is 7.69. The first-order valence-corrected chi connectivity index (χ1v) is 10.2. The molecule has 2 aliphatic heterocycles. The third-order valence-electron chi connectivity index (χ3n) is 6.01. The monoisotopic (exact) mass is 459 g/mol.